The largest absolute Gasteiger partial charge is 0.497 e. The van der Waals surface area contributed by atoms with Gasteiger partial charge >= 0.3 is 5.97 Å². The number of anilines is 1. The molecule has 32 heavy (non-hydrogen) atoms. The first-order chi connectivity index (χ1) is 15.5. The van der Waals surface area contributed by atoms with E-state index in [0.717, 1.165) is 17.9 Å². The van der Waals surface area contributed by atoms with Crippen molar-refractivity contribution in [1.82, 2.24) is 4.90 Å². The number of hydrogen-bond donors (Lipinski definition) is 0. The summed E-state index contributed by atoms with van der Waals surface area (Å²) in [4.78, 5) is 28.9. The molecule has 2 aliphatic heterocycles. The van der Waals surface area contributed by atoms with Gasteiger partial charge in [-0.25, -0.2) is 4.79 Å². The van der Waals surface area contributed by atoms with Gasteiger partial charge in [0.2, 0.25) is 0 Å². The molecule has 1 saturated heterocycles. The topological polar surface area (TPSA) is 77.5 Å². The highest BCUT2D eigenvalue weighted by Gasteiger charge is 2.24. The summed E-state index contributed by atoms with van der Waals surface area (Å²) < 4.78 is 21.6. The minimum atomic E-state index is -0.632. The van der Waals surface area contributed by atoms with Crippen molar-refractivity contribution >= 4 is 29.2 Å². The van der Waals surface area contributed by atoms with Crippen molar-refractivity contribution in [2.75, 3.05) is 58.0 Å². The zero-order chi connectivity index (χ0) is 22.5. The zero-order valence-corrected chi connectivity index (χ0v) is 18.6. The molecule has 8 nitrogen and oxygen atoms in total. The van der Waals surface area contributed by atoms with E-state index in [1.54, 1.807) is 12.0 Å². The molecule has 0 radical (unpaired) electrons. The third-order valence-corrected chi connectivity index (χ3v) is 5.72. The highest BCUT2D eigenvalue weighted by Crippen LogP contribution is 2.38. The van der Waals surface area contributed by atoms with E-state index in [9.17, 15) is 9.59 Å². The van der Waals surface area contributed by atoms with Crippen molar-refractivity contribution in [3.63, 3.8) is 0 Å². The van der Waals surface area contributed by atoms with Crippen LogP contribution >= 0.6 is 11.6 Å². The molecule has 0 bridgehead atoms. The molecule has 0 spiro atoms. The van der Waals surface area contributed by atoms with Crippen LogP contribution in [0.3, 0.4) is 0 Å². The average Bonchev–Trinajstić information content (AvgIpc) is 3.08. The molecule has 2 aromatic rings. The van der Waals surface area contributed by atoms with Gasteiger partial charge in [-0.1, -0.05) is 11.6 Å². The minimum Gasteiger partial charge on any atom is -0.497 e. The van der Waals surface area contributed by atoms with E-state index in [2.05, 4.69) is 4.90 Å². The standard InChI is InChI=1S/C23H25ClN2O6/c1-29-18-5-3-17(4-6-18)25-7-9-26(10-8-25)21(27)15-32-23(28)16-13-19(24)22-20(14-16)30-11-2-12-31-22/h3-6,13-14H,2,7-12,15H2,1H3. The summed E-state index contributed by atoms with van der Waals surface area (Å²) in [5.41, 5.74) is 1.30. The number of rotatable bonds is 5. The van der Waals surface area contributed by atoms with Gasteiger partial charge in [0.05, 0.1) is 30.9 Å². The second-order valence-electron chi connectivity index (χ2n) is 7.48. The first-order valence-corrected chi connectivity index (χ1v) is 10.9. The van der Waals surface area contributed by atoms with E-state index < -0.39 is 5.97 Å². The monoisotopic (exact) mass is 460 g/mol. The number of esters is 1. The highest BCUT2D eigenvalue weighted by atomic mass is 35.5. The van der Waals surface area contributed by atoms with Crippen molar-refractivity contribution < 1.29 is 28.5 Å². The fourth-order valence-corrected chi connectivity index (χ4v) is 3.92. The number of methoxy groups -OCH3 is 1. The molecule has 2 heterocycles. The molecule has 0 aliphatic carbocycles. The molecule has 0 N–H and O–H groups in total. The molecule has 2 aliphatic rings. The van der Waals surface area contributed by atoms with E-state index in [0.29, 0.717) is 50.9 Å². The lowest BCUT2D eigenvalue weighted by atomic mass is 10.2. The predicted molar refractivity (Wildman–Crippen MR) is 119 cm³/mol. The number of piperazine rings is 1. The van der Waals surface area contributed by atoms with Crippen LogP contribution < -0.4 is 19.1 Å². The second kappa shape index (κ2) is 9.99. The van der Waals surface area contributed by atoms with Gasteiger partial charge in [-0.15, -0.1) is 0 Å². The maximum atomic E-state index is 12.5. The maximum Gasteiger partial charge on any atom is 0.338 e. The van der Waals surface area contributed by atoms with E-state index in [-0.39, 0.29) is 23.1 Å². The van der Waals surface area contributed by atoms with Crippen LogP contribution in [-0.2, 0) is 9.53 Å². The van der Waals surface area contributed by atoms with Gasteiger partial charge in [0.1, 0.15) is 5.75 Å². The second-order valence-corrected chi connectivity index (χ2v) is 7.88. The maximum absolute atomic E-state index is 12.5. The van der Waals surface area contributed by atoms with Gasteiger partial charge in [-0.3, -0.25) is 4.79 Å². The summed E-state index contributed by atoms with van der Waals surface area (Å²) in [5, 5.41) is 0.275. The van der Waals surface area contributed by atoms with Crippen LogP contribution in [0.25, 0.3) is 0 Å². The smallest absolute Gasteiger partial charge is 0.338 e. The van der Waals surface area contributed by atoms with E-state index in [4.69, 9.17) is 30.5 Å². The molecule has 1 fully saturated rings. The average molecular weight is 461 g/mol. The van der Waals surface area contributed by atoms with Crippen molar-refractivity contribution in [2.24, 2.45) is 0 Å². The van der Waals surface area contributed by atoms with E-state index in [1.807, 2.05) is 24.3 Å². The van der Waals surface area contributed by atoms with Crippen molar-refractivity contribution in [1.29, 1.82) is 0 Å². The van der Waals surface area contributed by atoms with Crippen LogP contribution in [0.5, 0.6) is 17.2 Å². The SMILES string of the molecule is COc1ccc(N2CCN(C(=O)COC(=O)c3cc(Cl)c4c(c3)OCCCO4)CC2)cc1. The van der Waals surface area contributed by atoms with Crippen LogP contribution in [0, 0.1) is 0 Å². The lowest BCUT2D eigenvalue weighted by molar-refractivity contribution is -0.134. The van der Waals surface area contributed by atoms with E-state index >= 15 is 0 Å². The molecule has 2 aromatic carbocycles. The number of hydrogen-bond acceptors (Lipinski definition) is 7. The van der Waals surface area contributed by atoms with Crippen LogP contribution in [-0.4, -0.2) is 69.9 Å². The number of fused-ring (bicyclic) bond motifs is 1. The van der Waals surface area contributed by atoms with E-state index in [1.165, 1.54) is 12.1 Å². The van der Waals surface area contributed by atoms with Crippen molar-refractivity contribution in [3.05, 3.63) is 47.0 Å². The summed E-state index contributed by atoms with van der Waals surface area (Å²) in [5.74, 6) is 0.773. The fraction of sp³-hybridized carbons (Fsp3) is 0.391. The molecule has 0 atom stereocenters. The third-order valence-electron chi connectivity index (χ3n) is 5.43. The molecular weight excluding hydrogens is 436 g/mol. The van der Waals surface area contributed by atoms with Gasteiger partial charge < -0.3 is 28.7 Å². The quantitative estimate of drug-likeness (QED) is 0.635. The lowest BCUT2D eigenvalue weighted by Crippen LogP contribution is -2.49. The summed E-state index contributed by atoms with van der Waals surface area (Å²) >= 11 is 6.23. The van der Waals surface area contributed by atoms with Crippen molar-refractivity contribution in [3.8, 4) is 17.2 Å². The molecule has 170 valence electrons. The Kier molecular flexibility index (Phi) is 6.90. The fourth-order valence-electron chi connectivity index (χ4n) is 3.66. The van der Waals surface area contributed by atoms with Gasteiger partial charge in [0.25, 0.3) is 5.91 Å². The van der Waals surface area contributed by atoms with Crippen molar-refractivity contribution in [2.45, 2.75) is 6.42 Å². The minimum absolute atomic E-state index is 0.219. The summed E-state index contributed by atoms with van der Waals surface area (Å²) in [6.45, 7) is 3.15. The first-order valence-electron chi connectivity index (χ1n) is 10.5. The zero-order valence-electron chi connectivity index (χ0n) is 17.8. The third kappa shape index (κ3) is 5.02. The Hall–Kier alpha value is -3.13. The van der Waals surface area contributed by atoms with Gasteiger partial charge in [0, 0.05) is 38.3 Å². The summed E-state index contributed by atoms with van der Waals surface area (Å²) in [6.07, 6.45) is 0.727. The normalized spacial score (nSPS) is 15.7. The molecule has 0 aromatic heterocycles. The number of carbonyl (C=O) groups is 2. The number of nitrogens with zero attached hydrogens (tertiary/aromatic N) is 2. The Morgan fingerprint density at radius 3 is 2.47 bits per heavy atom. The number of carbonyl (C=O) groups excluding carboxylic acids is 2. The number of halogens is 1. The number of ether oxygens (including phenoxy) is 4. The molecule has 0 unspecified atom stereocenters. The Morgan fingerprint density at radius 2 is 1.75 bits per heavy atom. The Morgan fingerprint density at radius 1 is 1.03 bits per heavy atom. The first kappa shape index (κ1) is 22.1. The van der Waals surface area contributed by atoms with Crippen LogP contribution in [0.2, 0.25) is 5.02 Å². The summed E-state index contributed by atoms with van der Waals surface area (Å²) in [6, 6.07) is 10.8. The number of benzene rings is 2. The van der Waals surface area contributed by atoms with Crippen LogP contribution in [0.4, 0.5) is 5.69 Å². The Bertz CT molecular complexity index is 973. The Balaban J connectivity index is 1.29. The van der Waals surface area contributed by atoms with Gasteiger partial charge in [-0.05, 0) is 36.4 Å². The van der Waals surface area contributed by atoms with Gasteiger partial charge in [-0.2, -0.15) is 0 Å². The van der Waals surface area contributed by atoms with Crippen LogP contribution in [0.15, 0.2) is 36.4 Å². The Labute approximate surface area is 191 Å². The molecular formula is C23H25ClN2O6. The lowest BCUT2D eigenvalue weighted by Gasteiger charge is -2.36. The molecule has 0 saturated carbocycles. The highest BCUT2D eigenvalue weighted by molar-refractivity contribution is 6.32. The molecule has 9 heteroatoms. The number of amides is 1. The van der Waals surface area contributed by atoms with Gasteiger partial charge in [0.15, 0.2) is 18.1 Å². The van der Waals surface area contributed by atoms with Crippen LogP contribution in [0.1, 0.15) is 16.8 Å². The molecule has 4 rings (SSSR count). The summed E-state index contributed by atoms with van der Waals surface area (Å²) in [7, 11) is 1.63. The molecule has 1 amide bonds. The predicted octanol–water partition coefficient (Wildman–Crippen LogP) is 3.02.